The smallest absolute Gasteiger partial charge is 0.315 e. The molecule has 1 aliphatic rings. The van der Waals surface area contributed by atoms with E-state index in [0.29, 0.717) is 25.1 Å². The van der Waals surface area contributed by atoms with Crippen LogP contribution in [0.2, 0.25) is 0 Å². The van der Waals surface area contributed by atoms with Gasteiger partial charge in [0.25, 0.3) is 0 Å². The molecule has 1 saturated carbocycles. The molecule has 0 unspecified atom stereocenters. The molecule has 0 bridgehead atoms. The van der Waals surface area contributed by atoms with Crippen LogP contribution in [0.3, 0.4) is 0 Å². The van der Waals surface area contributed by atoms with E-state index in [0.717, 1.165) is 18.6 Å². The maximum absolute atomic E-state index is 11.9. The van der Waals surface area contributed by atoms with Gasteiger partial charge in [0.2, 0.25) is 0 Å². The monoisotopic (exact) mass is 318 g/mol. The number of rotatable bonds is 6. The Balaban J connectivity index is 1.64. The van der Waals surface area contributed by atoms with Crippen molar-refractivity contribution in [2.24, 2.45) is 0 Å². The molecule has 0 heterocycles. The Morgan fingerprint density at radius 3 is 2.65 bits per heavy atom. The van der Waals surface area contributed by atoms with E-state index < -0.39 is 0 Å². The van der Waals surface area contributed by atoms with Gasteiger partial charge in [0.1, 0.15) is 12.4 Å². The van der Waals surface area contributed by atoms with Crippen LogP contribution in [0.15, 0.2) is 24.3 Å². The molecule has 1 aliphatic carbocycles. The molecule has 0 radical (unpaired) electrons. The molecule has 23 heavy (non-hydrogen) atoms. The van der Waals surface area contributed by atoms with Gasteiger partial charge in [-0.3, -0.25) is 0 Å². The van der Waals surface area contributed by atoms with Crippen LogP contribution in [0.25, 0.3) is 0 Å². The van der Waals surface area contributed by atoms with Gasteiger partial charge in [-0.1, -0.05) is 51.7 Å². The minimum Gasteiger partial charge on any atom is -0.492 e. The second kappa shape index (κ2) is 9.43. The number of carbonyl (C=O) groups excluding carboxylic acids is 1. The summed E-state index contributed by atoms with van der Waals surface area (Å²) in [7, 11) is 0. The average molecular weight is 318 g/mol. The van der Waals surface area contributed by atoms with Crippen molar-refractivity contribution in [3.63, 3.8) is 0 Å². The van der Waals surface area contributed by atoms with Crippen LogP contribution in [0, 0.1) is 0 Å². The zero-order valence-electron chi connectivity index (χ0n) is 14.4. The zero-order valence-corrected chi connectivity index (χ0v) is 14.4. The first-order chi connectivity index (χ1) is 11.1. The van der Waals surface area contributed by atoms with Gasteiger partial charge in [-0.25, -0.2) is 4.79 Å². The molecule has 1 aromatic rings. The molecule has 1 aromatic carbocycles. The van der Waals surface area contributed by atoms with Crippen LogP contribution in [0.5, 0.6) is 5.75 Å². The summed E-state index contributed by atoms with van der Waals surface area (Å²) >= 11 is 0. The Morgan fingerprint density at radius 1 is 1.22 bits per heavy atom. The van der Waals surface area contributed by atoms with Gasteiger partial charge in [0.05, 0.1) is 6.54 Å². The lowest BCUT2D eigenvalue weighted by atomic mass is 10.0. The number of benzene rings is 1. The second-order valence-electron chi connectivity index (χ2n) is 6.66. The molecular weight excluding hydrogens is 288 g/mol. The highest BCUT2D eigenvalue weighted by Gasteiger charge is 2.14. The maximum atomic E-state index is 11.9. The molecule has 0 aliphatic heterocycles. The normalized spacial score (nSPS) is 16.0. The quantitative estimate of drug-likeness (QED) is 0.610. The number of hydrogen-bond acceptors (Lipinski definition) is 2. The van der Waals surface area contributed by atoms with Gasteiger partial charge in [-0.05, 0) is 36.5 Å². The Bertz CT molecular complexity index is 480. The molecule has 0 atom stereocenters. The molecule has 2 rings (SSSR count). The van der Waals surface area contributed by atoms with Gasteiger partial charge in [-0.2, -0.15) is 0 Å². The number of urea groups is 1. The summed E-state index contributed by atoms with van der Waals surface area (Å²) < 4.78 is 5.71. The van der Waals surface area contributed by atoms with Crippen molar-refractivity contribution in [2.75, 3.05) is 13.2 Å². The molecule has 0 saturated heterocycles. The highest BCUT2D eigenvalue weighted by atomic mass is 16.5. The van der Waals surface area contributed by atoms with E-state index in [-0.39, 0.29) is 6.03 Å². The van der Waals surface area contributed by atoms with E-state index in [9.17, 15) is 4.79 Å². The van der Waals surface area contributed by atoms with Crippen molar-refractivity contribution in [1.29, 1.82) is 0 Å². The van der Waals surface area contributed by atoms with Crippen molar-refractivity contribution >= 4 is 6.03 Å². The Hall–Kier alpha value is -1.71. The van der Waals surface area contributed by atoms with Gasteiger partial charge < -0.3 is 15.4 Å². The molecular formula is C19H30N2O2. The number of hydrogen-bond donors (Lipinski definition) is 2. The van der Waals surface area contributed by atoms with Crippen molar-refractivity contribution < 1.29 is 9.53 Å². The van der Waals surface area contributed by atoms with E-state index in [1.54, 1.807) is 0 Å². The Labute approximate surface area is 140 Å². The first kappa shape index (κ1) is 17.6. The lowest BCUT2D eigenvalue weighted by Crippen LogP contribution is -2.43. The molecule has 1 fully saturated rings. The predicted octanol–water partition coefficient (Wildman–Crippen LogP) is 4.21. The summed E-state index contributed by atoms with van der Waals surface area (Å²) in [5, 5.41) is 5.96. The third-order valence-corrected chi connectivity index (χ3v) is 4.37. The number of carbonyl (C=O) groups is 1. The standard InChI is InChI=1S/C19H30N2O2/c1-15(2)16-8-7-11-18(14-16)23-13-12-20-19(22)21-17-9-5-3-4-6-10-17/h7-8,11,14-15,17H,3-6,9-10,12-13H2,1-2H3,(H2,20,21,22). The molecule has 2 N–H and O–H groups in total. The minimum atomic E-state index is -0.0727. The minimum absolute atomic E-state index is 0.0727. The summed E-state index contributed by atoms with van der Waals surface area (Å²) in [4.78, 5) is 11.9. The highest BCUT2D eigenvalue weighted by Crippen LogP contribution is 2.20. The second-order valence-corrected chi connectivity index (χ2v) is 6.66. The first-order valence-corrected chi connectivity index (χ1v) is 8.92. The summed E-state index contributed by atoms with van der Waals surface area (Å²) in [5.74, 6) is 1.35. The van der Waals surface area contributed by atoms with Crippen molar-refractivity contribution in [3.05, 3.63) is 29.8 Å². The third-order valence-electron chi connectivity index (χ3n) is 4.37. The molecule has 4 nitrogen and oxygen atoms in total. The molecule has 128 valence electrons. The third kappa shape index (κ3) is 6.51. The molecule has 4 heteroatoms. The predicted molar refractivity (Wildman–Crippen MR) is 94.1 cm³/mol. The van der Waals surface area contributed by atoms with E-state index >= 15 is 0 Å². The summed E-state index contributed by atoms with van der Waals surface area (Å²) in [6, 6.07) is 8.40. The van der Waals surface area contributed by atoms with E-state index in [1.807, 2.05) is 12.1 Å². The zero-order chi connectivity index (χ0) is 16.5. The highest BCUT2D eigenvalue weighted by molar-refractivity contribution is 5.74. The van der Waals surface area contributed by atoms with E-state index in [4.69, 9.17) is 4.74 Å². The van der Waals surface area contributed by atoms with Crippen LogP contribution >= 0.6 is 0 Å². The Kier molecular flexibility index (Phi) is 7.24. The lowest BCUT2D eigenvalue weighted by molar-refractivity contribution is 0.231. The summed E-state index contributed by atoms with van der Waals surface area (Å²) in [6.07, 6.45) is 7.24. The Morgan fingerprint density at radius 2 is 1.96 bits per heavy atom. The number of amides is 2. The fourth-order valence-electron chi connectivity index (χ4n) is 2.96. The van der Waals surface area contributed by atoms with Gasteiger partial charge in [0.15, 0.2) is 0 Å². The van der Waals surface area contributed by atoms with E-state index in [2.05, 4.69) is 36.6 Å². The summed E-state index contributed by atoms with van der Waals surface area (Å²) in [6.45, 7) is 5.33. The molecule has 2 amide bonds. The first-order valence-electron chi connectivity index (χ1n) is 8.92. The topological polar surface area (TPSA) is 50.4 Å². The lowest BCUT2D eigenvalue weighted by Gasteiger charge is -2.17. The largest absolute Gasteiger partial charge is 0.492 e. The number of ether oxygens (including phenoxy) is 1. The van der Waals surface area contributed by atoms with Crippen LogP contribution in [0.4, 0.5) is 4.79 Å². The fourth-order valence-corrected chi connectivity index (χ4v) is 2.96. The summed E-state index contributed by atoms with van der Waals surface area (Å²) in [5.41, 5.74) is 1.27. The molecule has 0 spiro atoms. The fraction of sp³-hybridized carbons (Fsp3) is 0.632. The van der Waals surface area contributed by atoms with Gasteiger partial charge in [0, 0.05) is 6.04 Å². The van der Waals surface area contributed by atoms with Crippen LogP contribution < -0.4 is 15.4 Å². The van der Waals surface area contributed by atoms with Crippen LogP contribution in [-0.4, -0.2) is 25.2 Å². The van der Waals surface area contributed by atoms with Crippen LogP contribution in [0.1, 0.15) is 63.9 Å². The van der Waals surface area contributed by atoms with Crippen LogP contribution in [-0.2, 0) is 0 Å². The van der Waals surface area contributed by atoms with Crippen molar-refractivity contribution in [2.45, 2.75) is 64.3 Å². The van der Waals surface area contributed by atoms with Gasteiger partial charge >= 0.3 is 6.03 Å². The van der Waals surface area contributed by atoms with E-state index in [1.165, 1.54) is 31.2 Å². The van der Waals surface area contributed by atoms with Gasteiger partial charge in [-0.15, -0.1) is 0 Å². The average Bonchev–Trinajstić information content (AvgIpc) is 2.80. The SMILES string of the molecule is CC(C)c1cccc(OCCNC(=O)NC2CCCCCC2)c1. The maximum Gasteiger partial charge on any atom is 0.315 e. The van der Waals surface area contributed by atoms with Crippen molar-refractivity contribution in [1.82, 2.24) is 10.6 Å². The van der Waals surface area contributed by atoms with Crippen molar-refractivity contribution in [3.8, 4) is 5.75 Å². The molecule has 0 aromatic heterocycles. The number of nitrogens with one attached hydrogen (secondary N) is 2.